The summed E-state index contributed by atoms with van der Waals surface area (Å²) in [6.07, 6.45) is -0.656. The first-order chi connectivity index (χ1) is 16.8. The highest BCUT2D eigenvalue weighted by Gasteiger charge is 2.14. The molecular formula is C22H26N6O7. The molecule has 13 nitrogen and oxygen atoms in total. The molecule has 1 heterocycles. The number of carboxylic acids is 2. The van der Waals surface area contributed by atoms with Crippen molar-refractivity contribution in [2.24, 2.45) is 5.84 Å². The first-order valence-corrected chi connectivity index (χ1v) is 10.4. The molecule has 0 aliphatic carbocycles. The van der Waals surface area contributed by atoms with Crippen molar-refractivity contribution in [1.29, 1.82) is 0 Å². The molecule has 3 aromatic rings. The summed E-state index contributed by atoms with van der Waals surface area (Å²) in [5, 5.41) is 39.9. The molecule has 0 saturated carbocycles. The molecule has 0 aliphatic rings. The van der Waals surface area contributed by atoms with Gasteiger partial charge in [-0.2, -0.15) is 0 Å². The van der Waals surface area contributed by atoms with Crippen molar-refractivity contribution in [2.45, 2.75) is 6.10 Å². The highest BCUT2D eigenvalue weighted by molar-refractivity contribution is 6.27. The van der Waals surface area contributed by atoms with Crippen LogP contribution in [-0.4, -0.2) is 75.7 Å². The zero-order valence-electron chi connectivity index (χ0n) is 18.5. The Bertz CT molecular complexity index is 1120. The number of nitrogens with zero attached hydrogens (tertiary/aromatic N) is 2. The second-order valence-electron chi connectivity index (χ2n) is 6.94. The van der Waals surface area contributed by atoms with Crippen LogP contribution in [0.4, 0.5) is 5.82 Å². The van der Waals surface area contributed by atoms with Gasteiger partial charge in [0.05, 0.1) is 0 Å². The molecule has 0 spiro atoms. The lowest BCUT2D eigenvalue weighted by atomic mass is 10.1. The molecule has 0 radical (unpaired) electrons. The number of aliphatic hydroxyl groups is 1. The van der Waals surface area contributed by atoms with E-state index in [1.165, 1.54) is 0 Å². The summed E-state index contributed by atoms with van der Waals surface area (Å²) in [6.45, 7) is 1.40. The van der Waals surface area contributed by atoms with Crippen molar-refractivity contribution in [3.05, 3.63) is 60.3 Å². The van der Waals surface area contributed by atoms with Gasteiger partial charge < -0.3 is 36.1 Å². The number of amides is 1. The van der Waals surface area contributed by atoms with E-state index in [1.807, 2.05) is 48.5 Å². The number of benzene rings is 2. The van der Waals surface area contributed by atoms with Crippen LogP contribution < -0.4 is 26.6 Å². The van der Waals surface area contributed by atoms with E-state index in [9.17, 15) is 9.90 Å². The maximum Gasteiger partial charge on any atom is 0.414 e. The average Bonchev–Trinajstić information content (AvgIpc) is 2.87. The van der Waals surface area contributed by atoms with Crippen LogP contribution in [0.5, 0.6) is 5.75 Å². The fourth-order valence-corrected chi connectivity index (χ4v) is 2.76. The van der Waals surface area contributed by atoms with E-state index >= 15 is 0 Å². The first kappa shape index (κ1) is 26.9. The predicted octanol–water partition coefficient (Wildman–Crippen LogP) is -0.170. The lowest BCUT2D eigenvalue weighted by Crippen LogP contribution is -2.37. The van der Waals surface area contributed by atoms with Crippen molar-refractivity contribution in [2.75, 3.05) is 31.7 Å². The van der Waals surface area contributed by atoms with Crippen LogP contribution in [0.2, 0.25) is 0 Å². The monoisotopic (exact) mass is 486 g/mol. The number of rotatable bonds is 10. The minimum Gasteiger partial charge on any atom is -0.491 e. The molecule has 1 atom stereocenters. The number of nitrogens with two attached hydrogens (primary N) is 1. The fourth-order valence-electron chi connectivity index (χ4n) is 2.76. The van der Waals surface area contributed by atoms with Gasteiger partial charge in [-0.15, -0.1) is 10.2 Å². The number of fused-ring (bicyclic) bond motifs is 1. The molecule has 1 aromatic heterocycles. The van der Waals surface area contributed by atoms with Gasteiger partial charge >= 0.3 is 11.9 Å². The van der Waals surface area contributed by atoms with Crippen LogP contribution in [0.25, 0.3) is 10.8 Å². The minimum absolute atomic E-state index is 0.187. The van der Waals surface area contributed by atoms with Crippen LogP contribution >= 0.6 is 0 Å². The molecule has 0 aliphatic heterocycles. The van der Waals surface area contributed by atoms with Crippen LogP contribution in [0.1, 0.15) is 10.5 Å². The highest BCUT2D eigenvalue weighted by Crippen LogP contribution is 2.21. The Morgan fingerprint density at radius 1 is 0.914 bits per heavy atom. The lowest BCUT2D eigenvalue weighted by Gasteiger charge is -2.13. The van der Waals surface area contributed by atoms with Crippen molar-refractivity contribution in [1.82, 2.24) is 20.8 Å². The van der Waals surface area contributed by atoms with Crippen LogP contribution in [0, 0.1) is 0 Å². The van der Waals surface area contributed by atoms with Gasteiger partial charge in [-0.1, -0.05) is 42.5 Å². The molecular weight excluding hydrogens is 460 g/mol. The number of hydrogen-bond acceptors (Lipinski definition) is 10. The van der Waals surface area contributed by atoms with E-state index in [0.717, 1.165) is 5.39 Å². The fraction of sp³-hybridized carbons (Fsp3) is 0.227. The number of carbonyl (C=O) groups excluding carboxylic acids is 1. The third-order valence-corrected chi connectivity index (χ3v) is 4.37. The molecule has 8 N–H and O–H groups in total. The summed E-state index contributed by atoms with van der Waals surface area (Å²) >= 11 is 0. The average molecular weight is 486 g/mol. The van der Waals surface area contributed by atoms with Crippen molar-refractivity contribution in [3.8, 4) is 5.75 Å². The Hall–Kier alpha value is -4.33. The third kappa shape index (κ3) is 8.85. The Morgan fingerprint density at radius 3 is 2.17 bits per heavy atom. The quantitative estimate of drug-likeness (QED) is 0.0862. The van der Waals surface area contributed by atoms with Gasteiger partial charge in [0, 0.05) is 30.4 Å². The largest absolute Gasteiger partial charge is 0.491 e. The van der Waals surface area contributed by atoms with Gasteiger partial charge in [-0.3, -0.25) is 4.79 Å². The number of carbonyl (C=O) groups is 3. The second kappa shape index (κ2) is 14.0. The molecule has 35 heavy (non-hydrogen) atoms. The summed E-state index contributed by atoms with van der Waals surface area (Å²) in [6, 6.07) is 16.6. The summed E-state index contributed by atoms with van der Waals surface area (Å²) < 4.78 is 5.49. The van der Waals surface area contributed by atoms with Crippen LogP contribution in [-0.2, 0) is 9.59 Å². The zero-order chi connectivity index (χ0) is 25.6. The Kier molecular flexibility index (Phi) is 10.8. The van der Waals surface area contributed by atoms with Gasteiger partial charge in [0.1, 0.15) is 18.5 Å². The molecule has 1 unspecified atom stereocenters. The molecule has 1 amide bonds. The smallest absolute Gasteiger partial charge is 0.414 e. The summed E-state index contributed by atoms with van der Waals surface area (Å²) in [4.78, 5) is 30.7. The van der Waals surface area contributed by atoms with E-state index < -0.39 is 18.0 Å². The Labute approximate surface area is 199 Å². The number of hydrazine groups is 1. The number of para-hydroxylation sites is 1. The molecule has 186 valence electrons. The number of hydrogen-bond donors (Lipinski definition) is 7. The van der Waals surface area contributed by atoms with Gasteiger partial charge in [0.15, 0.2) is 11.5 Å². The van der Waals surface area contributed by atoms with Crippen LogP contribution in [0.15, 0.2) is 54.6 Å². The first-order valence-electron chi connectivity index (χ1n) is 10.4. The van der Waals surface area contributed by atoms with E-state index in [-0.39, 0.29) is 18.2 Å². The standard InChI is InChI=1S/C20H24N6O3.C2H2O4/c21-24-19-17-9-5-4-8-16(17)18(25-26-19)20(28)23-11-10-22-12-14(27)13-29-15-6-2-1-3-7-15;3-1(4)2(5)6/h1-9,14,22,27H,10-13,21H2,(H,23,28)(H,24,26);(H,3,4)(H,5,6). The lowest BCUT2D eigenvalue weighted by molar-refractivity contribution is -0.159. The number of aromatic nitrogens is 2. The van der Waals surface area contributed by atoms with Gasteiger partial charge in [-0.05, 0) is 12.1 Å². The minimum atomic E-state index is -1.82. The molecule has 2 aromatic carbocycles. The maximum absolute atomic E-state index is 12.5. The summed E-state index contributed by atoms with van der Waals surface area (Å²) in [5.74, 6) is 2.59. The zero-order valence-corrected chi connectivity index (χ0v) is 18.5. The third-order valence-electron chi connectivity index (χ3n) is 4.37. The predicted molar refractivity (Wildman–Crippen MR) is 126 cm³/mol. The van der Waals surface area contributed by atoms with E-state index in [1.54, 1.807) is 6.07 Å². The van der Waals surface area contributed by atoms with Crippen molar-refractivity contribution < 1.29 is 34.4 Å². The molecule has 0 saturated heterocycles. The maximum atomic E-state index is 12.5. The number of carboxylic acid groups (broad SMARTS) is 2. The molecule has 13 heteroatoms. The van der Waals surface area contributed by atoms with Crippen LogP contribution in [0.3, 0.4) is 0 Å². The van der Waals surface area contributed by atoms with Gasteiger partial charge in [0.25, 0.3) is 5.91 Å². The molecule has 0 bridgehead atoms. The topological polar surface area (TPSA) is 209 Å². The summed E-state index contributed by atoms with van der Waals surface area (Å²) in [7, 11) is 0. The molecule has 0 fully saturated rings. The van der Waals surface area contributed by atoms with E-state index in [2.05, 4.69) is 26.3 Å². The number of aliphatic hydroxyl groups excluding tert-OH is 1. The normalized spacial score (nSPS) is 11.0. The highest BCUT2D eigenvalue weighted by atomic mass is 16.5. The van der Waals surface area contributed by atoms with Crippen molar-refractivity contribution in [3.63, 3.8) is 0 Å². The SMILES string of the molecule is NNc1nnc(C(=O)NCCNCC(O)COc2ccccc2)c2ccccc12.O=C(O)C(=O)O. The number of aliphatic carboxylic acids is 2. The Balaban J connectivity index is 0.000000641. The number of nitrogen functional groups attached to an aromatic ring is 1. The van der Waals surface area contributed by atoms with E-state index in [0.29, 0.717) is 36.6 Å². The molecule has 3 rings (SSSR count). The van der Waals surface area contributed by atoms with Gasteiger partial charge in [-0.25, -0.2) is 15.4 Å². The number of anilines is 1. The van der Waals surface area contributed by atoms with E-state index in [4.69, 9.17) is 30.4 Å². The van der Waals surface area contributed by atoms with Gasteiger partial charge in [0.2, 0.25) is 0 Å². The number of nitrogens with one attached hydrogen (secondary N) is 3. The summed E-state index contributed by atoms with van der Waals surface area (Å²) in [5.41, 5.74) is 2.71. The number of ether oxygens (including phenoxy) is 1. The Morgan fingerprint density at radius 2 is 1.54 bits per heavy atom. The van der Waals surface area contributed by atoms with Crippen molar-refractivity contribution >= 4 is 34.4 Å². The second-order valence-corrected chi connectivity index (χ2v) is 6.94.